The van der Waals surface area contributed by atoms with Crippen LogP contribution in [-0.4, -0.2) is 45.8 Å². The Morgan fingerprint density at radius 3 is 2.88 bits per heavy atom. The summed E-state index contributed by atoms with van der Waals surface area (Å²) in [6, 6.07) is 0. The molecule has 6 nitrogen and oxygen atoms in total. The molecule has 1 aliphatic rings. The maximum Gasteiger partial charge on any atom is 0.312 e. The van der Waals surface area contributed by atoms with Gasteiger partial charge < -0.3 is 14.5 Å². The molecule has 1 N–H and O–H groups in total. The molecule has 0 bridgehead atoms. The van der Waals surface area contributed by atoms with Crippen molar-refractivity contribution < 1.29 is 14.4 Å². The van der Waals surface area contributed by atoms with E-state index in [0.29, 0.717) is 5.82 Å². The van der Waals surface area contributed by atoms with Gasteiger partial charge in [0.15, 0.2) is 5.82 Å². The minimum absolute atomic E-state index is 0.184. The highest BCUT2D eigenvalue weighted by atomic mass is 16.5. The molecule has 0 spiro atoms. The van der Waals surface area contributed by atoms with Crippen LogP contribution in [0.5, 0.6) is 0 Å². The van der Waals surface area contributed by atoms with Crippen molar-refractivity contribution >= 4 is 5.97 Å². The van der Waals surface area contributed by atoms with E-state index in [4.69, 9.17) is 9.63 Å². The van der Waals surface area contributed by atoms with E-state index in [2.05, 4.69) is 15.0 Å². The average Bonchev–Trinajstić information content (AvgIpc) is 2.84. The number of aliphatic carboxylic acids is 1. The summed E-state index contributed by atoms with van der Waals surface area (Å²) in [5, 5.41) is 12.3. The second-order valence-electron chi connectivity index (χ2n) is 3.97. The first-order chi connectivity index (χ1) is 7.74. The highest BCUT2D eigenvalue weighted by molar-refractivity contribution is 5.68. The summed E-state index contributed by atoms with van der Waals surface area (Å²) < 4.78 is 4.83. The molecule has 88 valence electrons. The fraction of sp³-hybridized carbons (Fsp3) is 0.700. The number of likely N-dealkylation sites (tertiary alicyclic amines) is 1. The van der Waals surface area contributed by atoms with Gasteiger partial charge in [-0.2, -0.15) is 4.98 Å². The Balaban J connectivity index is 1.80. The van der Waals surface area contributed by atoms with Crippen LogP contribution in [0.25, 0.3) is 0 Å². The Morgan fingerprint density at radius 1 is 1.44 bits per heavy atom. The predicted molar refractivity (Wildman–Crippen MR) is 55.0 cm³/mol. The van der Waals surface area contributed by atoms with Gasteiger partial charge in [-0.1, -0.05) is 5.16 Å². The van der Waals surface area contributed by atoms with Gasteiger partial charge in [0.2, 0.25) is 5.89 Å². The molecule has 0 saturated carbocycles. The highest BCUT2D eigenvalue weighted by Gasteiger charge is 2.14. The lowest BCUT2D eigenvalue weighted by Gasteiger charge is -2.11. The van der Waals surface area contributed by atoms with Gasteiger partial charge in [-0.15, -0.1) is 0 Å². The maximum atomic E-state index is 10.4. The Morgan fingerprint density at radius 2 is 2.19 bits per heavy atom. The summed E-state index contributed by atoms with van der Waals surface area (Å²) in [5.74, 6) is -0.165. The fourth-order valence-electron chi connectivity index (χ4n) is 1.86. The third-order valence-corrected chi connectivity index (χ3v) is 2.66. The van der Waals surface area contributed by atoms with Crippen molar-refractivity contribution in [2.24, 2.45) is 0 Å². The molecule has 0 atom stereocenters. The molecule has 0 aliphatic carbocycles. The van der Waals surface area contributed by atoms with E-state index in [9.17, 15) is 4.79 Å². The SMILES string of the molecule is O=C(O)Cc1nc(CCN2CCCC2)no1. The minimum Gasteiger partial charge on any atom is -0.481 e. The summed E-state index contributed by atoms with van der Waals surface area (Å²) >= 11 is 0. The molecular formula is C10H15N3O3. The minimum atomic E-state index is -0.949. The molecular weight excluding hydrogens is 210 g/mol. The van der Waals surface area contributed by atoms with Crippen LogP contribution < -0.4 is 0 Å². The Bertz CT molecular complexity index is 358. The van der Waals surface area contributed by atoms with Crippen molar-refractivity contribution in [2.45, 2.75) is 25.7 Å². The Labute approximate surface area is 93.2 Å². The summed E-state index contributed by atoms with van der Waals surface area (Å²) in [4.78, 5) is 16.8. The second-order valence-corrected chi connectivity index (χ2v) is 3.97. The molecule has 1 saturated heterocycles. The largest absolute Gasteiger partial charge is 0.481 e. The van der Waals surface area contributed by atoms with Gasteiger partial charge in [-0.3, -0.25) is 4.79 Å². The van der Waals surface area contributed by atoms with E-state index < -0.39 is 5.97 Å². The van der Waals surface area contributed by atoms with Gasteiger partial charge in [0, 0.05) is 13.0 Å². The van der Waals surface area contributed by atoms with Gasteiger partial charge >= 0.3 is 5.97 Å². The monoisotopic (exact) mass is 225 g/mol. The Hall–Kier alpha value is -1.43. The zero-order valence-corrected chi connectivity index (χ0v) is 9.06. The predicted octanol–water partition coefficient (Wildman–Crippen LogP) is 0.335. The third kappa shape index (κ3) is 3.03. The van der Waals surface area contributed by atoms with Crippen LogP contribution in [0.2, 0.25) is 0 Å². The summed E-state index contributed by atoms with van der Waals surface area (Å²) in [6.45, 7) is 3.20. The quantitative estimate of drug-likeness (QED) is 0.778. The molecule has 1 fully saturated rings. The molecule has 0 amide bonds. The molecule has 0 radical (unpaired) electrons. The fourth-order valence-corrected chi connectivity index (χ4v) is 1.86. The molecule has 1 aliphatic heterocycles. The number of hydrogen-bond donors (Lipinski definition) is 1. The molecule has 6 heteroatoms. The number of nitrogens with zero attached hydrogens (tertiary/aromatic N) is 3. The normalized spacial score (nSPS) is 16.8. The summed E-state index contributed by atoms with van der Waals surface area (Å²) in [7, 11) is 0. The number of carbonyl (C=O) groups is 1. The highest BCUT2D eigenvalue weighted by Crippen LogP contribution is 2.08. The van der Waals surface area contributed by atoms with E-state index >= 15 is 0 Å². The second kappa shape index (κ2) is 5.07. The van der Waals surface area contributed by atoms with Crippen LogP contribution in [0.3, 0.4) is 0 Å². The molecule has 2 rings (SSSR count). The zero-order valence-electron chi connectivity index (χ0n) is 9.06. The van der Waals surface area contributed by atoms with Gasteiger partial charge in [-0.25, -0.2) is 0 Å². The van der Waals surface area contributed by atoms with Crippen molar-refractivity contribution in [2.75, 3.05) is 19.6 Å². The van der Waals surface area contributed by atoms with Crippen molar-refractivity contribution in [1.29, 1.82) is 0 Å². The van der Waals surface area contributed by atoms with Crippen LogP contribution >= 0.6 is 0 Å². The van der Waals surface area contributed by atoms with Crippen molar-refractivity contribution in [3.05, 3.63) is 11.7 Å². The first-order valence-electron chi connectivity index (χ1n) is 5.49. The van der Waals surface area contributed by atoms with E-state index in [1.165, 1.54) is 12.8 Å². The first kappa shape index (κ1) is 11.1. The number of carboxylic acids is 1. The van der Waals surface area contributed by atoms with Gasteiger partial charge in [-0.05, 0) is 25.9 Å². The molecule has 2 heterocycles. The number of hydrogen-bond acceptors (Lipinski definition) is 5. The summed E-state index contributed by atoms with van der Waals surface area (Å²) in [5.41, 5.74) is 0. The molecule has 1 aromatic rings. The molecule has 16 heavy (non-hydrogen) atoms. The topological polar surface area (TPSA) is 79.5 Å². The maximum absolute atomic E-state index is 10.4. The van der Waals surface area contributed by atoms with Crippen molar-refractivity contribution in [1.82, 2.24) is 15.0 Å². The van der Waals surface area contributed by atoms with Crippen LogP contribution in [0.15, 0.2) is 4.52 Å². The smallest absolute Gasteiger partial charge is 0.312 e. The van der Waals surface area contributed by atoms with Crippen molar-refractivity contribution in [3.8, 4) is 0 Å². The van der Waals surface area contributed by atoms with Gasteiger partial charge in [0.05, 0.1) is 0 Å². The van der Waals surface area contributed by atoms with E-state index in [1.54, 1.807) is 0 Å². The average molecular weight is 225 g/mol. The van der Waals surface area contributed by atoms with Crippen molar-refractivity contribution in [3.63, 3.8) is 0 Å². The lowest BCUT2D eigenvalue weighted by atomic mass is 10.3. The van der Waals surface area contributed by atoms with Crippen LogP contribution in [0, 0.1) is 0 Å². The Kier molecular flexibility index (Phi) is 3.51. The number of rotatable bonds is 5. The van der Waals surface area contributed by atoms with E-state index in [1.807, 2.05) is 0 Å². The lowest BCUT2D eigenvalue weighted by Crippen LogP contribution is -2.22. The zero-order chi connectivity index (χ0) is 11.4. The number of aromatic nitrogens is 2. The van der Waals surface area contributed by atoms with E-state index in [0.717, 1.165) is 26.1 Å². The number of carboxylic acid groups (broad SMARTS) is 1. The van der Waals surface area contributed by atoms with E-state index in [-0.39, 0.29) is 12.3 Å². The van der Waals surface area contributed by atoms with Crippen LogP contribution in [-0.2, 0) is 17.6 Å². The summed E-state index contributed by atoms with van der Waals surface area (Å²) in [6.07, 6.45) is 3.05. The van der Waals surface area contributed by atoms with Gasteiger partial charge in [0.25, 0.3) is 0 Å². The standard InChI is InChI=1S/C10H15N3O3/c14-10(15)7-9-11-8(12-16-9)3-6-13-4-1-2-5-13/h1-7H2,(H,14,15). The molecule has 0 aromatic carbocycles. The van der Waals surface area contributed by atoms with Gasteiger partial charge in [0.1, 0.15) is 6.42 Å². The lowest BCUT2D eigenvalue weighted by molar-refractivity contribution is -0.136. The van der Waals surface area contributed by atoms with Crippen LogP contribution in [0.4, 0.5) is 0 Å². The third-order valence-electron chi connectivity index (χ3n) is 2.66. The van der Waals surface area contributed by atoms with Crippen LogP contribution in [0.1, 0.15) is 24.6 Å². The molecule has 0 unspecified atom stereocenters. The molecule has 1 aromatic heterocycles. The first-order valence-corrected chi connectivity index (χ1v) is 5.49.